The molecule has 0 aromatic carbocycles. The average Bonchev–Trinajstić information content (AvgIpc) is 3.11. The summed E-state index contributed by atoms with van der Waals surface area (Å²) < 4.78 is 28.8. The van der Waals surface area contributed by atoms with Gasteiger partial charge in [0.05, 0.1) is 12.2 Å². The Kier molecular flexibility index (Phi) is 4.12. The lowest BCUT2D eigenvalue weighted by Gasteiger charge is -2.37. The molecule has 166 valence electrons. The minimum Gasteiger partial charge on any atom is -0.342 e. The van der Waals surface area contributed by atoms with Crippen LogP contribution in [-0.2, 0) is 4.79 Å². The highest BCUT2D eigenvalue weighted by atomic mass is 19.3. The number of rotatable bonds is 3. The molecule has 6 rings (SSSR count). The van der Waals surface area contributed by atoms with Gasteiger partial charge >= 0.3 is 0 Å². The van der Waals surface area contributed by atoms with Crippen molar-refractivity contribution in [1.82, 2.24) is 24.6 Å². The Morgan fingerprint density at radius 3 is 2.52 bits per heavy atom. The van der Waals surface area contributed by atoms with Gasteiger partial charge in [-0.3, -0.25) is 9.59 Å². The van der Waals surface area contributed by atoms with Crippen molar-refractivity contribution in [2.75, 3.05) is 13.1 Å². The van der Waals surface area contributed by atoms with Crippen LogP contribution >= 0.6 is 0 Å². The fraction of sp³-hybridized carbons (Fsp3) is 0.727. The number of carbonyl (C=O) groups is 1. The molecule has 2 unspecified atom stereocenters. The van der Waals surface area contributed by atoms with E-state index in [0.717, 1.165) is 32.4 Å². The second kappa shape index (κ2) is 6.59. The number of hydrogen-bond acceptors (Lipinski definition) is 4. The molecule has 1 aliphatic heterocycles. The lowest BCUT2D eigenvalue weighted by Crippen LogP contribution is -2.42. The van der Waals surface area contributed by atoms with Crippen LogP contribution in [-0.4, -0.2) is 49.6 Å². The fourth-order valence-electron chi connectivity index (χ4n) is 5.73. The zero-order valence-corrected chi connectivity index (χ0v) is 17.4. The predicted molar refractivity (Wildman–Crippen MR) is 109 cm³/mol. The zero-order chi connectivity index (χ0) is 21.4. The quantitative estimate of drug-likeness (QED) is 0.808. The molecule has 2 aromatic heterocycles. The standard InChI is InChI=1S/C22H27F2N5O2/c23-22(24)5-3-13(4-6-22)29-18-16(11-25-29)19(30)27-17(26-18)14-1-2-15(14)20(31)28-10-9-21(12-28)7-8-21/h11,13-15H,1-10,12H2,(H,26,27,30). The van der Waals surface area contributed by atoms with Crippen LogP contribution < -0.4 is 5.56 Å². The fourth-order valence-corrected chi connectivity index (χ4v) is 5.73. The van der Waals surface area contributed by atoms with Gasteiger partial charge in [-0.1, -0.05) is 0 Å². The van der Waals surface area contributed by atoms with Crippen molar-refractivity contribution >= 4 is 16.9 Å². The van der Waals surface area contributed by atoms with E-state index in [9.17, 15) is 18.4 Å². The minimum atomic E-state index is -2.62. The van der Waals surface area contributed by atoms with Crippen molar-refractivity contribution in [3.05, 3.63) is 22.4 Å². The summed E-state index contributed by atoms with van der Waals surface area (Å²) >= 11 is 0. The Labute approximate surface area is 178 Å². The van der Waals surface area contributed by atoms with E-state index in [1.165, 1.54) is 19.0 Å². The molecule has 31 heavy (non-hydrogen) atoms. The predicted octanol–water partition coefficient (Wildman–Crippen LogP) is 3.38. The van der Waals surface area contributed by atoms with Gasteiger partial charge in [-0.15, -0.1) is 0 Å². The van der Waals surface area contributed by atoms with Crippen molar-refractivity contribution in [2.24, 2.45) is 11.3 Å². The topological polar surface area (TPSA) is 83.9 Å². The molecule has 2 atom stereocenters. The second-order valence-electron chi connectivity index (χ2n) is 10.2. The van der Waals surface area contributed by atoms with E-state index in [4.69, 9.17) is 4.98 Å². The third-order valence-electron chi connectivity index (χ3n) is 8.16. The molecular weight excluding hydrogens is 404 g/mol. The number of nitrogens with one attached hydrogen (secondary N) is 1. The molecule has 7 nitrogen and oxygen atoms in total. The van der Waals surface area contributed by atoms with Crippen molar-refractivity contribution in [1.29, 1.82) is 0 Å². The smallest absolute Gasteiger partial charge is 0.262 e. The maximum Gasteiger partial charge on any atom is 0.262 e. The Hall–Kier alpha value is -2.32. The molecule has 4 aliphatic rings. The van der Waals surface area contributed by atoms with Gasteiger partial charge in [0.2, 0.25) is 11.8 Å². The maximum absolute atomic E-state index is 13.6. The second-order valence-corrected chi connectivity index (χ2v) is 10.2. The Bertz CT molecular complexity index is 1100. The van der Waals surface area contributed by atoms with Crippen LogP contribution in [0.25, 0.3) is 11.0 Å². The molecule has 3 saturated carbocycles. The first-order valence-electron chi connectivity index (χ1n) is 11.5. The minimum absolute atomic E-state index is 0.0978. The normalized spacial score (nSPS) is 29.4. The number of aromatic amines is 1. The van der Waals surface area contributed by atoms with Gasteiger partial charge in [0.1, 0.15) is 11.2 Å². The highest BCUT2D eigenvalue weighted by Crippen LogP contribution is 2.53. The molecule has 3 heterocycles. The van der Waals surface area contributed by atoms with Crippen LogP contribution in [0.2, 0.25) is 0 Å². The summed E-state index contributed by atoms with van der Waals surface area (Å²) in [6.45, 7) is 1.71. The number of hydrogen-bond donors (Lipinski definition) is 1. The van der Waals surface area contributed by atoms with Crippen molar-refractivity contribution in [3.8, 4) is 0 Å². The number of alkyl halides is 2. The average molecular weight is 431 g/mol. The summed E-state index contributed by atoms with van der Waals surface area (Å²) in [5, 5.41) is 4.70. The number of amides is 1. The first-order chi connectivity index (χ1) is 14.8. The molecule has 9 heteroatoms. The Morgan fingerprint density at radius 1 is 1.10 bits per heavy atom. The number of aromatic nitrogens is 4. The van der Waals surface area contributed by atoms with Gasteiger partial charge < -0.3 is 9.88 Å². The molecule has 1 spiro atoms. The molecule has 0 radical (unpaired) electrons. The highest BCUT2D eigenvalue weighted by Gasteiger charge is 2.51. The van der Waals surface area contributed by atoms with Gasteiger partial charge in [0.15, 0.2) is 5.65 Å². The van der Waals surface area contributed by atoms with Crippen LogP contribution in [0, 0.1) is 11.3 Å². The lowest BCUT2D eigenvalue weighted by atomic mass is 9.72. The molecule has 1 amide bonds. The Morgan fingerprint density at radius 2 is 1.87 bits per heavy atom. The van der Waals surface area contributed by atoms with E-state index < -0.39 is 5.92 Å². The van der Waals surface area contributed by atoms with E-state index in [1.54, 1.807) is 4.68 Å². The van der Waals surface area contributed by atoms with Gasteiger partial charge in [0.25, 0.3) is 5.56 Å². The molecular formula is C22H27F2N5O2. The molecule has 0 bridgehead atoms. The first kappa shape index (κ1) is 19.4. The third-order valence-corrected chi connectivity index (χ3v) is 8.16. The van der Waals surface area contributed by atoms with E-state index >= 15 is 0 Å². The molecule has 1 saturated heterocycles. The molecule has 1 N–H and O–H groups in total. The molecule has 3 aliphatic carbocycles. The third kappa shape index (κ3) is 3.19. The number of fused-ring (bicyclic) bond motifs is 1. The summed E-state index contributed by atoms with van der Waals surface area (Å²) in [4.78, 5) is 35.4. The number of halogens is 2. The summed E-state index contributed by atoms with van der Waals surface area (Å²) in [6, 6.07) is -0.183. The number of carbonyl (C=O) groups excluding carboxylic acids is 1. The lowest BCUT2D eigenvalue weighted by molar-refractivity contribution is -0.138. The number of H-pyrrole nitrogens is 1. The Balaban J connectivity index is 1.26. The van der Waals surface area contributed by atoms with E-state index in [0.29, 0.717) is 35.1 Å². The SMILES string of the molecule is O=C(C1CCC1c1nc2c(cnn2C2CCC(F)(F)CC2)c(=O)[nH]1)N1CCC2(CC2)C1. The van der Waals surface area contributed by atoms with Crippen LogP contribution in [0.15, 0.2) is 11.0 Å². The van der Waals surface area contributed by atoms with Gasteiger partial charge in [0, 0.05) is 37.8 Å². The molecule has 2 aromatic rings. The van der Waals surface area contributed by atoms with Gasteiger partial charge in [-0.25, -0.2) is 18.4 Å². The summed E-state index contributed by atoms with van der Waals surface area (Å²) in [6.07, 6.45) is 6.94. The van der Waals surface area contributed by atoms with Crippen molar-refractivity contribution in [3.63, 3.8) is 0 Å². The van der Waals surface area contributed by atoms with Crippen LogP contribution in [0.5, 0.6) is 0 Å². The van der Waals surface area contributed by atoms with Gasteiger partial charge in [-0.05, 0) is 50.4 Å². The number of nitrogens with zero attached hydrogens (tertiary/aromatic N) is 4. The van der Waals surface area contributed by atoms with Gasteiger partial charge in [-0.2, -0.15) is 5.10 Å². The number of likely N-dealkylation sites (tertiary alicyclic amines) is 1. The van der Waals surface area contributed by atoms with Crippen LogP contribution in [0.4, 0.5) is 8.78 Å². The van der Waals surface area contributed by atoms with Crippen molar-refractivity contribution in [2.45, 2.75) is 75.7 Å². The summed E-state index contributed by atoms with van der Waals surface area (Å²) in [5.74, 6) is -2.14. The largest absolute Gasteiger partial charge is 0.342 e. The zero-order valence-electron chi connectivity index (χ0n) is 17.4. The van der Waals surface area contributed by atoms with Crippen LogP contribution in [0.1, 0.15) is 75.6 Å². The highest BCUT2D eigenvalue weighted by molar-refractivity contribution is 5.81. The van der Waals surface area contributed by atoms with E-state index in [2.05, 4.69) is 10.1 Å². The summed E-state index contributed by atoms with van der Waals surface area (Å²) in [5.41, 5.74) is 0.567. The first-order valence-corrected chi connectivity index (χ1v) is 11.5. The monoisotopic (exact) mass is 431 g/mol. The summed E-state index contributed by atoms with van der Waals surface area (Å²) in [7, 11) is 0. The maximum atomic E-state index is 13.6. The van der Waals surface area contributed by atoms with E-state index in [-0.39, 0.29) is 42.2 Å². The molecule has 4 fully saturated rings. The van der Waals surface area contributed by atoms with E-state index in [1.807, 2.05) is 4.90 Å². The van der Waals surface area contributed by atoms with Crippen LogP contribution in [0.3, 0.4) is 0 Å². The van der Waals surface area contributed by atoms with Crippen molar-refractivity contribution < 1.29 is 13.6 Å².